The van der Waals surface area contributed by atoms with Gasteiger partial charge in [0.25, 0.3) is 0 Å². The topological polar surface area (TPSA) is 69.7 Å². The fraction of sp³-hybridized carbons (Fsp3) is 0.136. The van der Waals surface area contributed by atoms with Crippen LogP contribution in [0, 0.1) is 0 Å². The van der Waals surface area contributed by atoms with Crippen LogP contribution in [-0.2, 0) is 14.3 Å². The summed E-state index contributed by atoms with van der Waals surface area (Å²) < 4.78 is 10.7. The maximum absolute atomic E-state index is 12.6. The summed E-state index contributed by atoms with van der Waals surface area (Å²) >= 11 is 0. The maximum Gasteiger partial charge on any atom is 0.338 e. The van der Waals surface area contributed by atoms with Crippen molar-refractivity contribution in [3.05, 3.63) is 83.5 Å². The molecule has 0 aromatic heterocycles. The monoisotopic (exact) mass is 360 g/mol. The number of carbonyl (C=O) groups excluding carboxylic acids is 3. The number of cyclic esters (lactones) is 1. The molecule has 0 bridgehead atoms. The predicted octanol–water partition coefficient (Wildman–Crippen LogP) is 3.48. The molecule has 0 saturated carbocycles. The van der Waals surface area contributed by atoms with Crippen molar-refractivity contribution in [2.24, 2.45) is 0 Å². The van der Waals surface area contributed by atoms with Crippen LogP contribution in [0.15, 0.2) is 66.8 Å². The number of rotatable bonds is 3. The second-order valence-electron chi connectivity index (χ2n) is 6.29. The van der Waals surface area contributed by atoms with Crippen LogP contribution in [0.1, 0.15) is 33.2 Å². The molecule has 5 heteroatoms. The molecule has 0 amide bonds. The summed E-state index contributed by atoms with van der Waals surface area (Å²) in [4.78, 5) is 36.6. The zero-order chi connectivity index (χ0) is 19.0. The molecule has 5 nitrogen and oxygen atoms in total. The molecule has 1 aliphatic heterocycles. The molecule has 1 heterocycles. The number of ether oxygens (including phenoxy) is 2. The summed E-state index contributed by atoms with van der Waals surface area (Å²) in [5, 5.41) is 0. The van der Waals surface area contributed by atoms with E-state index in [9.17, 15) is 14.4 Å². The highest BCUT2D eigenvalue weighted by Gasteiger charge is 2.30. The van der Waals surface area contributed by atoms with Crippen molar-refractivity contribution in [2.75, 3.05) is 0 Å². The quantitative estimate of drug-likeness (QED) is 0.528. The molecule has 0 radical (unpaired) electrons. The highest BCUT2D eigenvalue weighted by Crippen LogP contribution is 2.36. The van der Waals surface area contributed by atoms with Crippen molar-refractivity contribution in [2.45, 2.75) is 19.1 Å². The third kappa shape index (κ3) is 2.97. The zero-order valence-corrected chi connectivity index (χ0v) is 14.5. The third-order valence-electron chi connectivity index (χ3n) is 4.59. The van der Waals surface area contributed by atoms with E-state index in [1.54, 1.807) is 43.3 Å². The molecule has 134 valence electrons. The number of ketones is 1. The van der Waals surface area contributed by atoms with Crippen molar-refractivity contribution >= 4 is 17.7 Å². The van der Waals surface area contributed by atoms with Gasteiger partial charge in [0.05, 0.1) is 5.56 Å². The summed E-state index contributed by atoms with van der Waals surface area (Å²) in [6.07, 6.45) is 4.74. The Hall–Kier alpha value is -3.47. The van der Waals surface area contributed by atoms with E-state index in [1.807, 2.05) is 18.2 Å². The third-order valence-corrected chi connectivity index (χ3v) is 4.59. The first-order chi connectivity index (χ1) is 13.1. The van der Waals surface area contributed by atoms with Gasteiger partial charge in [0.2, 0.25) is 0 Å². The van der Waals surface area contributed by atoms with E-state index in [0.29, 0.717) is 11.1 Å². The van der Waals surface area contributed by atoms with Crippen molar-refractivity contribution < 1.29 is 23.9 Å². The first kappa shape index (κ1) is 17.0. The fourth-order valence-corrected chi connectivity index (χ4v) is 3.31. The Labute approximate surface area is 155 Å². The fourth-order valence-electron chi connectivity index (χ4n) is 3.31. The van der Waals surface area contributed by atoms with E-state index < -0.39 is 24.1 Å². The summed E-state index contributed by atoms with van der Waals surface area (Å²) in [7, 11) is 0. The number of hydrogen-bond donors (Lipinski definition) is 0. The lowest BCUT2D eigenvalue weighted by molar-refractivity contribution is -0.146. The van der Waals surface area contributed by atoms with Crippen LogP contribution in [0.4, 0.5) is 0 Å². The van der Waals surface area contributed by atoms with Crippen LogP contribution < -0.4 is 0 Å². The second kappa shape index (κ2) is 6.68. The van der Waals surface area contributed by atoms with E-state index in [4.69, 9.17) is 9.47 Å². The lowest BCUT2D eigenvalue weighted by Gasteiger charge is -2.25. The van der Waals surface area contributed by atoms with Gasteiger partial charge >= 0.3 is 11.9 Å². The molecule has 1 aliphatic carbocycles. The number of fused-ring (bicyclic) bond motifs is 3. The summed E-state index contributed by atoms with van der Waals surface area (Å²) in [5.74, 6) is -1.16. The van der Waals surface area contributed by atoms with E-state index in [2.05, 4.69) is 0 Å². The minimum Gasteiger partial charge on any atom is -0.451 e. The van der Waals surface area contributed by atoms with Gasteiger partial charge in [-0.15, -0.1) is 0 Å². The van der Waals surface area contributed by atoms with Crippen molar-refractivity contribution in [3.63, 3.8) is 0 Å². The molecule has 0 fully saturated rings. The van der Waals surface area contributed by atoms with Gasteiger partial charge in [-0.1, -0.05) is 36.4 Å². The van der Waals surface area contributed by atoms with Crippen molar-refractivity contribution in [1.29, 1.82) is 0 Å². The summed E-state index contributed by atoms with van der Waals surface area (Å²) in [6.45, 7) is 1.79. The molecular weight excluding hydrogens is 344 g/mol. The predicted molar refractivity (Wildman–Crippen MR) is 98.3 cm³/mol. The first-order valence-electron chi connectivity index (χ1n) is 8.59. The summed E-state index contributed by atoms with van der Waals surface area (Å²) in [6, 6.07) is 12.3. The van der Waals surface area contributed by atoms with Gasteiger partial charge in [-0.25, -0.2) is 9.59 Å². The van der Waals surface area contributed by atoms with Crippen LogP contribution in [0.5, 0.6) is 0 Å². The molecule has 2 atom stereocenters. The van der Waals surface area contributed by atoms with Crippen LogP contribution in [0.2, 0.25) is 0 Å². The zero-order valence-electron chi connectivity index (χ0n) is 14.5. The highest BCUT2D eigenvalue weighted by atomic mass is 16.6. The Kier molecular flexibility index (Phi) is 4.20. The van der Waals surface area contributed by atoms with Crippen molar-refractivity contribution in [3.8, 4) is 11.1 Å². The number of esters is 2. The lowest BCUT2D eigenvalue weighted by Crippen LogP contribution is -2.35. The van der Waals surface area contributed by atoms with Gasteiger partial charge in [0.1, 0.15) is 0 Å². The van der Waals surface area contributed by atoms with E-state index in [1.165, 1.54) is 12.2 Å². The van der Waals surface area contributed by atoms with Crippen LogP contribution in [0.3, 0.4) is 0 Å². The SMILES string of the molecule is C/C=C/C1OC(=O)C=CC1OC(=O)c1ccc2c(c1)C(=O)c1ccccc1-2. The average Bonchev–Trinajstić information content (AvgIpc) is 2.96. The maximum atomic E-state index is 12.6. The van der Waals surface area contributed by atoms with E-state index >= 15 is 0 Å². The Morgan fingerprint density at radius 1 is 1.04 bits per heavy atom. The molecular formula is C22H16O5. The molecule has 2 aliphatic rings. The molecule has 0 saturated heterocycles. The van der Waals surface area contributed by atoms with Gasteiger partial charge < -0.3 is 9.47 Å². The normalized spacial score (nSPS) is 20.3. The van der Waals surface area contributed by atoms with E-state index in [0.717, 1.165) is 11.1 Å². The van der Waals surface area contributed by atoms with Gasteiger partial charge in [-0.2, -0.15) is 0 Å². The number of carbonyl (C=O) groups is 3. The smallest absolute Gasteiger partial charge is 0.338 e. The van der Waals surface area contributed by atoms with Gasteiger partial charge in [-0.05, 0) is 42.3 Å². The van der Waals surface area contributed by atoms with Crippen LogP contribution in [-0.4, -0.2) is 29.9 Å². The molecule has 2 unspecified atom stereocenters. The Morgan fingerprint density at radius 3 is 2.56 bits per heavy atom. The minimum absolute atomic E-state index is 0.103. The van der Waals surface area contributed by atoms with Gasteiger partial charge in [-0.3, -0.25) is 4.79 Å². The molecule has 0 N–H and O–H groups in total. The van der Waals surface area contributed by atoms with Gasteiger partial charge in [0, 0.05) is 17.2 Å². The molecule has 4 rings (SSSR count). The number of hydrogen-bond acceptors (Lipinski definition) is 5. The van der Waals surface area contributed by atoms with Crippen LogP contribution >= 0.6 is 0 Å². The molecule has 0 spiro atoms. The Balaban J connectivity index is 1.60. The molecule has 27 heavy (non-hydrogen) atoms. The van der Waals surface area contributed by atoms with Crippen molar-refractivity contribution in [1.82, 2.24) is 0 Å². The standard InChI is InChI=1S/C22H16O5/c1-2-5-18-19(10-11-20(23)26-18)27-22(25)13-8-9-15-14-6-3-4-7-16(14)21(24)17(15)12-13/h2-12,18-19H,1H3/b5-2+. The summed E-state index contributed by atoms with van der Waals surface area (Å²) in [5.41, 5.74) is 3.08. The molecule has 2 aromatic carbocycles. The largest absolute Gasteiger partial charge is 0.451 e. The van der Waals surface area contributed by atoms with Crippen LogP contribution in [0.25, 0.3) is 11.1 Å². The van der Waals surface area contributed by atoms with Gasteiger partial charge in [0.15, 0.2) is 18.0 Å². The highest BCUT2D eigenvalue weighted by molar-refractivity contribution is 6.22. The number of allylic oxidation sites excluding steroid dienone is 1. The second-order valence-corrected chi connectivity index (χ2v) is 6.29. The van der Waals surface area contributed by atoms with E-state index in [-0.39, 0.29) is 11.3 Å². The first-order valence-corrected chi connectivity index (χ1v) is 8.59. The minimum atomic E-state index is -0.715. The Bertz CT molecular complexity index is 1020. The average molecular weight is 360 g/mol. The molecule has 2 aromatic rings. The number of benzene rings is 2. The Morgan fingerprint density at radius 2 is 1.78 bits per heavy atom. The lowest BCUT2D eigenvalue weighted by atomic mass is 10.0.